The van der Waals surface area contributed by atoms with E-state index in [1.54, 1.807) is 6.92 Å². The maximum absolute atomic E-state index is 12.6. The Morgan fingerprint density at radius 3 is 1.35 bits per heavy atom. The Hall–Kier alpha value is -1.73. The van der Waals surface area contributed by atoms with Crippen LogP contribution in [0, 0.1) is 0 Å². The molecule has 0 fully saturated rings. The van der Waals surface area contributed by atoms with Crippen LogP contribution in [0.1, 0.15) is 213 Å². The van der Waals surface area contributed by atoms with E-state index in [-0.39, 0.29) is 32.0 Å². The molecule has 2 unspecified atom stereocenters. The molecule has 0 spiro atoms. The lowest BCUT2D eigenvalue weighted by Crippen LogP contribution is -2.29. The summed E-state index contributed by atoms with van der Waals surface area (Å²) in [4.78, 5) is 34.8. The molecule has 0 aromatic carbocycles. The summed E-state index contributed by atoms with van der Waals surface area (Å²) in [6.07, 6.45) is 46.2. The smallest absolute Gasteiger partial charge is 0.462 e. The Morgan fingerprint density at radius 2 is 0.889 bits per heavy atom. The van der Waals surface area contributed by atoms with Gasteiger partial charge in [-0.15, -0.1) is 0 Å². The first-order valence-electron chi connectivity index (χ1n) is 22.3. The monoisotopic (exact) mass is 783 g/mol. The zero-order valence-electron chi connectivity index (χ0n) is 35.1. The van der Waals surface area contributed by atoms with Gasteiger partial charge < -0.3 is 14.4 Å². The van der Waals surface area contributed by atoms with E-state index in [4.69, 9.17) is 18.5 Å². The van der Waals surface area contributed by atoms with Crippen LogP contribution in [0.3, 0.4) is 0 Å². The summed E-state index contributed by atoms with van der Waals surface area (Å²) in [6, 6.07) is 0. The van der Waals surface area contributed by atoms with Gasteiger partial charge in [0.2, 0.25) is 0 Å². The third-order valence-corrected chi connectivity index (χ3v) is 10.5. The third-order valence-electron chi connectivity index (χ3n) is 9.42. The number of allylic oxidation sites excluding steroid dienone is 6. The lowest BCUT2D eigenvalue weighted by molar-refractivity contribution is -0.161. The number of rotatable bonds is 41. The molecule has 0 saturated carbocycles. The molecule has 0 saturated heterocycles. The highest BCUT2D eigenvalue weighted by Crippen LogP contribution is 2.43. The zero-order chi connectivity index (χ0) is 39.6. The van der Waals surface area contributed by atoms with Crippen molar-refractivity contribution in [3.05, 3.63) is 36.5 Å². The van der Waals surface area contributed by atoms with Crippen molar-refractivity contribution in [2.45, 2.75) is 219 Å². The molecule has 1 N–H and O–H groups in total. The highest BCUT2D eigenvalue weighted by molar-refractivity contribution is 7.47. The molecule has 0 rings (SSSR count). The maximum atomic E-state index is 12.6. The van der Waals surface area contributed by atoms with Crippen LogP contribution >= 0.6 is 7.82 Å². The second-order valence-electron chi connectivity index (χ2n) is 14.7. The lowest BCUT2D eigenvalue weighted by Gasteiger charge is -2.19. The zero-order valence-corrected chi connectivity index (χ0v) is 36.0. The summed E-state index contributed by atoms with van der Waals surface area (Å²) < 4.78 is 32.6. The second kappa shape index (κ2) is 40.9. The quantitative estimate of drug-likeness (QED) is 0.0283. The standard InChI is InChI=1S/C45H83O8P/c1-4-7-9-11-13-15-17-19-21-23-24-26-27-29-31-33-35-37-39-44(46)50-41-43(42-52-54(48,49)51-6-3)53-45(47)40-38-36-34-32-30-28-25-22-20-18-16-14-12-10-8-5-2/h16,18,21-23,25,43H,4-15,17,19-20,24,26-42H2,1-3H3,(H,48,49)/b18-16-,23-21-,25-22-. The van der Waals surface area contributed by atoms with E-state index in [9.17, 15) is 19.0 Å². The average Bonchev–Trinajstić information content (AvgIpc) is 3.15. The molecule has 2 atom stereocenters. The van der Waals surface area contributed by atoms with Crippen LogP contribution in [0.2, 0.25) is 0 Å². The number of esters is 2. The topological polar surface area (TPSA) is 108 Å². The predicted molar refractivity (Wildman–Crippen MR) is 226 cm³/mol. The highest BCUT2D eigenvalue weighted by atomic mass is 31.2. The number of hydrogen-bond acceptors (Lipinski definition) is 7. The summed E-state index contributed by atoms with van der Waals surface area (Å²) in [5, 5.41) is 0. The van der Waals surface area contributed by atoms with Crippen molar-refractivity contribution in [2.75, 3.05) is 19.8 Å². The van der Waals surface area contributed by atoms with Gasteiger partial charge in [-0.05, 0) is 77.6 Å². The van der Waals surface area contributed by atoms with Gasteiger partial charge in [0.1, 0.15) is 6.61 Å². The number of phosphoric acid groups is 1. The molecule has 316 valence electrons. The van der Waals surface area contributed by atoms with Crippen molar-refractivity contribution >= 4 is 19.8 Å². The van der Waals surface area contributed by atoms with E-state index in [1.807, 2.05) is 0 Å². The largest absolute Gasteiger partial charge is 0.472 e. The van der Waals surface area contributed by atoms with Crippen molar-refractivity contribution in [3.63, 3.8) is 0 Å². The highest BCUT2D eigenvalue weighted by Gasteiger charge is 2.25. The Balaban J connectivity index is 4.09. The average molecular weight is 783 g/mol. The molecular formula is C45H83O8P. The van der Waals surface area contributed by atoms with Crippen LogP contribution in [0.4, 0.5) is 0 Å². The van der Waals surface area contributed by atoms with Crippen LogP contribution in [-0.4, -0.2) is 42.8 Å². The molecule has 0 aliphatic carbocycles. The number of carbonyl (C=O) groups excluding carboxylic acids is 2. The van der Waals surface area contributed by atoms with Gasteiger partial charge in [-0.3, -0.25) is 18.6 Å². The Kier molecular flexibility index (Phi) is 39.6. The summed E-state index contributed by atoms with van der Waals surface area (Å²) in [7, 11) is -4.28. The van der Waals surface area contributed by atoms with Gasteiger partial charge in [-0.2, -0.15) is 0 Å². The second-order valence-corrected chi connectivity index (χ2v) is 16.2. The first kappa shape index (κ1) is 52.3. The van der Waals surface area contributed by atoms with Crippen molar-refractivity contribution in [1.82, 2.24) is 0 Å². The first-order chi connectivity index (χ1) is 26.3. The fourth-order valence-corrected chi connectivity index (χ4v) is 6.88. The third kappa shape index (κ3) is 39.9. The van der Waals surface area contributed by atoms with Gasteiger partial charge in [0, 0.05) is 12.8 Å². The summed E-state index contributed by atoms with van der Waals surface area (Å²) in [5.74, 6) is -0.815. The van der Waals surface area contributed by atoms with Crippen molar-refractivity contribution < 1.29 is 37.6 Å². The minimum absolute atomic E-state index is 0.00313. The van der Waals surface area contributed by atoms with Crippen molar-refractivity contribution in [2.24, 2.45) is 0 Å². The fourth-order valence-electron chi connectivity index (χ4n) is 6.12. The number of ether oxygens (including phenoxy) is 2. The molecule has 0 aliphatic heterocycles. The van der Waals surface area contributed by atoms with Crippen LogP contribution in [0.15, 0.2) is 36.5 Å². The molecule has 0 heterocycles. The SMILES string of the molecule is CCCCCC/C=C\C/C=C\CCCCCCCC(=O)OC(COC(=O)CCCCCCCCC/C=C\CCCCCCCCC)COP(=O)(O)OCC. The number of carbonyl (C=O) groups is 2. The van der Waals surface area contributed by atoms with Gasteiger partial charge in [0.25, 0.3) is 0 Å². The van der Waals surface area contributed by atoms with Crippen LogP contribution < -0.4 is 0 Å². The van der Waals surface area contributed by atoms with E-state index >= 15 is 0 Å². The number of phosphoric ester groups is 1. The Bertz CT molecular complexity index is 979. The Morgan fingerprint density at radius 1 is 0.500 bits per heavy atom. The van der Waals surface area contributed by atoms with Gasteiger partial charge in [0.15, 0.2) is 6.10 Å². The summed E-state index contributed by atoms with van der Waals surface area (Å²) in [5.41, 5.74) is 0. The molecule has 9 heteroatoms. The summed E-state index contributed by atoms with van der Waals surface area (Å²) in [6.45, 7) is 5.45. The minimum Gasteiger partial charge on any atom is -0.462 e. The van der Waals surface area contributed by atoms with Crippen LogP contribution in [0.25, 0.3) is 0 Å². The van der Waals surface area contributed by atoms with Crippen LogP contribution in [0.5, 0.6) is 0 Å². The molecule has 0 radical (unpaired) electrons. The molecular weight excluding hydrogens is 699 g/mol. The molecule has 0 aromatic rings. The van der Waals surface area contributed by atoms with Crippen LogP contribution in [-0.2, 0) is 32.7 Å². The molecule has 0 aromatic heterocycles. The predicted octanol–water partition coefficient (Wildman–Crippen LogP) is 14.0. The molecule has 54 heavy (non-hydrogen) atoms. The van der Waals surface area contributed by atoms with Crippen molar-refractivity contribution in [1.29, 1.82) is 0 Å². The van der Waals surface area contributed by atoms with E-state index in [0.717, 1.165) is 57.8 Å². The van der Waals surface area contributed by atoms with E-state index in [2.05, 4.69) is 50.3 Å². The van der Waals surface area contributed by atoms with E-state index in [0.29, 0.717) is 6.42 Å². The minimum atomic E-state index is -4.28. The number of unbranched alkanes of at least 4 members (excludes halogenated alkanes) is 23. The fraction of sp³-hybridized carbons (Fsp3) is 0.822. The molecule has 0 aliphatic rings. The maximum Gasteiger partial charge on any atom is 0.472 e. The molecule has 0 bridgehead atoms. The van der Waals surface area contributed by atoms with Gasteiger partial charge in [-0.1, -0.05) is 159 Å². The first-order valence-corrected chi connectivity index (χ1v) is 23.8. The normalized spacial score (nSPS) is 13.6. The van der Waals surface area contributed by atoms with Gasteiger partial charge >= 0.3 is 19.8 Å². The van der Waals surface area contributed by atoms with E-state index < -0.39 is 26.5 Å². The van der Waals surface area contributed by atoms with Gasteiger partial charge in [0.05, 0.1) is 13.2 Å². The van der Waals surface area contributed by atoms with E-state index in [1.165, 1.54) is 116 Å². The molecule has 0 amide bonds. The lowest BCUT2D eigenvalue weighted by atomic mass is 10.1. The van der Waals surface area contributed by atoms with Gasteiger partial charge in [-0.25, -0.2) is 4.57 Å². The molecule has 8 nitrogen and oxygen atoms in total. The number of hydrogen-bond donors (Lipinski definition) is 1. The Labute approximate surface area is 332 Å². The van der Waals surface area contributed by atoms with Crippen molar-refractivity contribution in [3.8, 4) is 0 Å². The summed E-state index contributed by atoms with van der Waals surface area (Å²) >= 11 is 0.